The maximum atomic E-state index is 11.7. The fourth-order valence-corrected chi connectivity index (χ4v) is 1.79. The first kappa shape index (κ1) is 9.49. The SMILES string of the molecule is CC(C)(C)OC(=O)C12CC1COC2=O. The van der Waals surface area contributed by atoms with E-state index in [4.69, 9.17) is 9.47 Å². The van der Waals surface area contributed by atoms with Crippen LogP contribution in [0.3, 0.4) is 0 Å². The molecule has 1 aliphatic heterocycles. The van der Waals surface area contributed by atoms with Gasteiger partial charge in [0.05, 0.1) is 6.61 Å². The Kier molecular flexibility index (Phi) is 1.69. The van der Waals surface area contributed by atoms with Gasteiger partial charge in [-0.25, -0.2) is 0 Å². The zero-order valence-corrected chi connectivity index (χ0v) is 8.62. The molecule has 0 N–H and O–H groups in total. The molecule has 78 valence electrons. The molecule has 1 saturated heterocycles. The summed E-state index contributed by atoms with van der Waals surface area (Å²) >= 11 is 0. The molecule has 0 spiro atoms. The number of carbonyl (C=O) groups is 2. The van der Waals surface area contributed by atoms with Crippen molar-refractivity contribution < 1.29 is 19.1 Å². The molecule has 2 fully saturated rings. The molecule has 2 aliphatic rings. The normalized spacial score (nSPS) is 34.8. The lowest BCUT2D eigenvalue weighted by molar-refractivity contribution is -0.168. The average molecular weight is 198 g/mol. The maximum absolute atomic E-state index is 11.7. The third-order valence-corrected chi connectivity index (χ3v) is 2.65. The Morgan fingerprint density at radius 2 is 2.21 bits per heavy atom. The van der Waals surface area contributed by atoms with Gasteiger partial charge < -0.3 is 9.47 Å². The highest BCUT2D eigenvalue weighted by molar-refractivity contribution is 6.05. The van der Waals surface area contributed by atoms with E-state index in [2.05, 4.69) is 0 Å². The second-order valence-corrected chi connectivity index (χ2v) is 4.97. The van der Waals surface area contributed by atoms with Crippen LogP contribution in [0.15, 0.2) is 0 Å². The molecule has 1 aliphatic carbocycles. The molecule has 1 saturated carbocycles. The second kappa shape index (κ2) is 2.49. The van der Waals surface area contributed by atoms with E-state index in [0.717, 1.165) is 0 Å². The van der Waals surface area contributed by atoms with Gasteiger partial charge in [0.15, 0.2) is 5.41 Å². The second-order valence-electron chi connectivity index (χ2n) is 4.97. The van der Waals surface area contributed by atoms with E-state index >= 15 is 0 Å². The minimum absolute atomic E-state index is 0.0600. The van der Waals surface area contributed by atoms with Gasteiger partial charge in [-0.2, -0.15) is 0 Å². The summed E-state index contributed by atoms with van der Waals surface area (Å²) in [5, 5.41) is 0. The quantitative estimate of drug-likeness (QED) is 0.464. The molecule has 0 bridgehead atoms. The van der Waals surface area contributed by atoms with Crippen molar-refractivity contribution in [2.24, 2.45) is 11.3 Å². The van der Waals surface area contributed by atoms with E-state index in [1.54, 1.807) is 20.8 Å². The van der Waals surface area contributed by atoms with Gasteiger partial charge in [-0.15, -0.1) is 0 Å². The zero-order valence-electron chi connectivity index (χ0n) is 8.62. The largest absolute Gasteiger partial charge is 0.464 e. The standard InChI is InChI=1S/C10H14O4/c1-9(2,3)14-8(12)10-4-6(10)5-13-7(10)11/h6H,4-5H2,1-3H3. The first-order valence-corrected chi connectivity index (χ1v) is 4.77. The molecule has 0 aromatic rings. The van der Waals surface area contributed by atoms with Crippen LogP contribution in [0.1, 0.15) is 27.2 Å². The lowest BCUT2D eigenvalue weighted by Crippen LogP contribution is -2.33. The number of cyclic esters (lactones) is 1. The number of fused-ring (bicyclic) bond motifs is 1. The molecule has 2 unspecified atom stereocenters. The highest BCUT2D eigenvalue weighted by Gasteiger charge is 2.72. The van der Waals surface area contributed by atoms with Crippen molar-refractivity contribution in [3.05, 3.63) is 0 Å². The van der Waals surface area contributed by atoms with Crippen LogP contribution < -0.4 is 0 Å². The number of esters is 2. The monoisotopic (exact) mass is 198 g/mol. The van der Waals surface area contributed by atoms with Gasteiger partial charge >= 0.3 is 11.9 Å². The van der Waals surface area contributed by atoms with E-state index in [0.29, 0.717) is 13.0 Å². The third kappa shape index (κ3) is 1.21. The number of ether oxygens (including phenoxy) is 2. The van der Waals surface area contributed by atoms with Crippen molar-refractivity contribution in [1.82, 2.24) is 0 Å². The molecule has 2 rings (SSSR count). The lowest BCUT2D eigenvalue weighted by atomic mass is 10.1. The Morgan fingerprint density at radius 3 is 2.57 bits per heavy atom. The van der Waals surface area contributed by atoms with E-state index in [9.17, 15) is 9.59 Å². The average Bonchev–Trinajstić information content (AvgIpc) is 2.65. The van der Waals surface area contributed by atoms with Crippen LogP contribution in [-0.2, 0) is 19.1 Å². The van der Waals surface area contributed by atoms with Crippen molar-refractivity contribution in [2.75, 3.05) is 6.61 Å². The molecule has 2 atom stereocenters. The first-order valence-electron chi connectivity index (χ1n) is 4.77. The summed E-state index contributed by atoms with van der Waals surface area (Å²) in [7, 11) is 0. The Balaban J connectivity index is 2.10. The maximum Gasteiger partial charge on any atom is 0.324 e. The number of hydrogen-bond donors (Lipinski definition) is 0. The van der Waals surface area contributed by atoms with Gasteiger partial charge in [-0.3, -0.25) is 9.59 Å². The predicted molar refractivity (Wildman–Crippen MR) is 47.3 cm³/mol. The topological polar surface area (TPSA) is 52.6 Å². The molecule has 0 aromatic carbocycles. The summed E-state index contributed by atoms with van der Waals surface area (Å²) in [6.45, 7) is 5.75. The fourth-order valence-electron chi connectivity index (χ4n) is 1.79. The van der Waals surface area contributed by atoms with Crippen LogP contribution in [-0.4, -0.2) is 24.1 Å². The number of rotatable bonds is 1. The van der Waals surface area contributed by atoms with E-state index in [-0.39, 0.29) is 5.92 Å². The van der Waals surface area contributed by atoms with E-state index in [1.807, 2.05) is 0 Å². The van der Waals surface area contributed by atoms with Crippen LogP contribution >= 0.6 is 0 Å². The molecule has 4 nitrogen and oxygen atoms in total. The van der Waals surface area contributed by atoms with Crippen LogP contribution in [0.25, 0.3) is 0 Å². The fraction of sp³-hybridized carbons (Fsp3) is 0.800. The lowest BCUT2D eigenvalue weighted by Gasteiger charge is -2.21. The van der Waals surface area contributed by atoms with Crippen molar-refractivity contribution in [2.45, 2.75) is 32.8 Å². The highest BCUT2D eigenvalue weighted by atomic mass is 16.6. The van der Waals surface area contributed by atoms with Gasteiger partial charge in [-0.05, 0) is 27.2 Å². The van der Waals surface area contributed by atoms with Gasteiger partial charge in [0.2, 0.25) is 0 Å². The summed E-state index contributed by atoms with van der Waals surface area (Å²) in [6, 6.07) is 0. The van der Waals surface area contributed by atoms with Gasteiger partial charge in [-0.1, -0.05) is 0 Å². The molecule has 1 heterocycles. The molecular formula is C10H14O4. The van der Waals surface area contributed by atoms with Crippen molar-refractivity contribution in [3.8, 4) is 0 Å². The summed E-state index contributed by atoms with van der Waals surface area (Å²) in [6.07, 6.45) is 0.598. The van der Waals surface area contributed by atoms with Gasteiger partial charge in [0.25, 0.3) is 0 Å². The molecule has 14 heavy (non-hydrogen) atoms. The Hall–Kier alpha value is -1.06. The van der Waals surface area contributed by atoms with E-state index in [1.165, 1.54) is 0 Å². The molecule has 0 radical (unpaired) electrons. The Bertz CT molecular complexity index is 302. The molecule has 4 heteroatoms. The summed E-state index contributed by atoms with van der Waals surface area (Å²) in [5.41, 5.74) is -1.48. The highest BCUT2D eigenvalue weighted by Crippen LogP contribution is 2.58. The van der Waals surface area contributed by atoms with E-state index < -0.39 is 23.0 Å². The minimum atomic E-state index is -0.937. The van der Waals surface area contributed by atoms with Crippen molar-refractivity contribution in [3.63, 3.8) is 0 Å². The van der Waals surface area contributed by atoms with Crippen LogP contribution in [0.4, 0.5) is 0 Å². The molecule has 0 amide bonds. The summed E-state index contributed by atoms with van der Waals surface area (Å²) < 4.78 is 10.0. The number of carbonyl (C=O) groups excluding carboxylic acids is 2. The van der Waals surface area contributed by atoms with Crippen LogP contribution in [0.2, 0.25) is 0 Å². The van der Waals surface area contributed by atoms with Crippen LogP contribution in [0.5, 0.6) is 0 Å². The van der Waals surface area contributed by atoms with Gasteiger partial charge in [0, 0.05) is 5.92 Å². The third-order valence-electron chi connectivity index (χ3n) is 2.65. The Morgan fingerprint density at radius 1 is 1.57 bits per heavy atom. The summed E-state index contributed by atoms with van der Waals surface area (Å²) in [4.78, 5) is 23.1. The first-order chi connectivity index (χ1) is 6.36. The Labute approximate surface area is 82.6 Å². The van der Waals surface area contributed by atoms with Crippen molar-refractivity contribution in [1.29, 1.82) is 0 Å². The smallest absolute Gasteiger partial charge is 0.324 e. The minimum Gasteiger partial charge on any atom is -0.464 e. The van der Waals surface area contributed by atoms with Crippen molar-refractivity contribution >= 4 is 11.9 Å². The van der Waals surface area contributed by atoms with Gasteiger partial charge in [0.1, 0.15) is 5.60 Å². The predicted octanol–water partition coefficient (Wildman–Crippen LogP) is 0.891. The summed E-state index contributed by atoms with van der Waals surface area (Å²) in [5.74, 6) is -0.765. The molecular weight excluding hydrogens is 184 g/mol. The molecule has 0 aromatic heterocycles. The zero-order chi connectivity index (χ0) is 10.6. The van der Waals surface area contributed by atoms with Crippen LogP contribution in [0, 0.1) is 11.3 Å². The number of hydrogen-bond acceptors (Lipinski definition) is 4.